The molecule has 1 aromatic rings. The third kappa shape index (κ3) is 3.68. The van der Waals surface area contributed by atoms with Crippen LogP contribution in [0, 0.1) is 18.3 Å². The van der Waals surface area contributed by atoms with Gasteiger partial charge in [0, 0.05) is 26.3 Å². The molecule has 0 atom stereocenters. The molecule has 0 aliphatic rings. The average Bonchev–Trinajstić information content (AvgIpc) is 2.66. The highest BCUT2D eigenvalue weighted by Gasteiger charge is 2.19. The predicted molar refractivity (Wildman–Crippen MR) is 74.6 cm³/mol. The second-order valence-corrected chi connectivity index (χ2v) is 5.28. The first-order chi connectivity index (χ1) is 9.38. The van der Waals surface area contributed by atoms with E-state index in [2.05, 4.69) is 5.32 Å². The van der Waals surface area contributed by atoms with Crippen LogP contribution in [0.1, 0.15) is 21.8 Å². The molecule has 0 aromatic carbocycles. The molecule has 0 aliphatic carbocycles. The highest BCUT2D eigenvalue weighted by atomic mass is 32.1. The lowest BCUT2D eigenvalue weighted by Gasteiger charge is -2.11. The maximum Gasteiger partial charge on any atom is 0.308 e. The number of carbonyl (C=O) groups excluding carboxylic acids is 2. The molecule has 1 aromatic heterocycles. The molecule has 0 saturated heterocycles. The van der Waals surface area contributed by atoms with Gasteiger partial charge < -0.3 is 10.2 Å². The summed E-state index contributed by atoms with van der Waals surface area (Å²) in [5.41, 5.74) is 0.463. The lowest BCUT2D eigenvalue weighted by Crippen LogP contribution is -2.30. The van der Waals surface area contributed by atoms with Crippen LogP contribution in [-0.4, -0.2) is 41.9 Å². The van der Waals surface area contributed by atoms with E-state index in [-0.39, 0.29) is 35.2 Å². The second-order valence-electron chi connectivity index (χ2n) is 4.32. The molecule has 0 saturated carbocycles. The summed E-state index contributed by atoms with van der Waals surface area (Å²) >= 11 is 0.803. The van der Waals surface area contributed by atoms with Crippen molar-refractivity contribution < 1.29 is 9.59 Å². The number of nitrogens with zero attached hydrogens (tertiary/aromatic N) is 3. The molecule has 0 aliphatic heterocycles. The Kier molecular flexibility index (Phi) is 5.46. The van der Waals surface area contributed by atoms with Crippen molar-refractivity contribution >= 4 is 23.2 Å². The third-order valence-corrected chi connectivity index (χ3v) is 3.74. The molecule has 108 valence electrons. The molecule has 8 heteroatoms. The smallest absolute Gasteiger partial charge is 0.308 e. The van der Waals surface area contributed by atoms with E-state index in [1.54, 1.807) is 21.0 Å². The highest BCUT2D eigenvalue weighted by Crippen LogP contribution is 2.11. The lowest BCUT2D eigenvalue weighted by molar-refractivity contribution is -0.129. The molecule has 0 bridgehead atoms. The van der Waals surface area contributed by atoms with Crippen molar-refractivity contribution in [2.24, 2.45) is 0 Å². The molecule has 2 amide bonds. The standard InChI is InChI=1S/C12H16N4O3S/c1-8-10(11(18)14-6-4-5-13)20-12(19)16(8)7-9(17)15(2)3/h4,6-7H2,1-3H3,(H,14,18). The summed E-state index contributed by atoms with van der Waals surface area (Å²) in [5.74, 6) is -0.611. The van der Waals surface area contributed by atoms with Crippen LogP contribution in [0.5, 0.6) is 0 Å². The summed E-state index contributed by atoms with van der Waals surface area (Å²) in [6.07, 6.45) is 0.208. The zero-order chi connectivity index (χ0) is 15.3. The number of rotatable bonds is 5. The van der Waals surface area contributed by atoms with E-state index in [0.717, 1.165) is 11.3 Å². The van der Waals surface area contributed by atoms with Crippen molar-refractivity contribution in [1.82, 2.24) is 14.8 Å². The Bertz CT molecular complexity index is 609. The van der Waals surface area contributed by atoms with Gasteiger partial charge in [0.1, 0.15) is 11.4 Å². The van der Waals surface area contributed by atoms with E-state index < -0.39 is 5.91 Å². The number of hydrogen-bond acceptors (Lipinski definition) is 5. The van der Waals surface area contributed by atoms with Crippen molar-refractivity contribution in [2.75, 3.05) is 20.6 Å². The quantitative estimate of drug-likeness (QED) is 0.771. The molecule has 7 nitrogen and oxygen atoms in total. The first-order valence-electron chi connectivity index (χ1n) is 5.94. The van der Waals surface area contributed by atoms with E-state index in [9.17, 15) is 14.4 Å². The highest BCUT2D eigenvalue weighted by molar-refractivity contribution is 7.11. The maximum absolute atomic E-state index is 11.9. The number of nitriles is 1. The normalized spacial score (nSPS) is 9.90. The number of aromatic nitrogens is 1. The number of likely N-dealkylation sites (N-methyl/N-ethyl adjacent to an activating group) is 1. The Morgan fingerprint density at radius 1 is 1.45 bits per heavy atom. The van der Waals surface area contributed by atoms with Gasteiger partial charge in [-0.25, -0.2) is 0 Å². The van der Waals surface area contributed by atoms with Gasteiger partial charge in [-0.15, -0.1) is 0 Å². The first kappa shape index (κ1) is 15.9. The minimum absolute atomic E-state index is 0.0837. The van der Waals surface area contributed by atoms with Gasteiger partial charge in [-0.1, -0.05) is 11.3 Å². The average molecular weight is 296 g/mol. The second kappa shape index (κ2) is 6.86. The summed E-state index contributed by atoms with van der Waals surface area (Å²) in [7, 11) is 3.20. The van der Waals surface area contributed by atoms with Crippen LogP contribution in [-0.2, 0) is 11.3 Å². The van der Waals surface area contributed by atoms with Crippen LogP contribution in [0.2, 0.25) is 0 Å². The van der Waals surface area contributed by atoms with Gasteiger partial charge in [-0.2, -0.15) is 5.26 Å². The summed E-state index contributed by atoms with van der Waals surface area (Å²) < 4.78 is 1.28. The van der Waals surface area contributed by atoms with Crippen molar-refractivity contribution in [3.63, 3.8) is 0 Å². The molecular weight excluding hydrogens is 280 g/mol. The fourth-order valence-electron chi connectivity index (χ4n) is 1.46. The molecular formula is C12H16N4O3S. The minimum atomic E-state index is -0.393. The van der Waals surface area contributed by atoms with E-state index in [4.69, 9.17) is 5.26 Å². The fraction of sp³-hybridized carbons (Fsp3) is 0.500. The topological polar surface area (TPSA) is 95.2 Å². The van der Waals surface area contributed by atoms with E-state index in [1.165, 1.54) is 9.47 Å². The summed E-state index contributed by atoms with van der Waals surface area (Å²) in [4.78, 5) is 36.7. The van der Waals surface area contributed by atoms with Crippen molar-refractivity contribution in [3.8, 4) is 6.07 Å². The van der Waals surface area contributed by atoms with Crippen LogP contribution in [0.25, 0.3) is 0 Å². The monoisotopic (exact) mass is 296 g/mol. The van der Waals surface area contributed by atoms with Gasteiger partial charge >= 0.3 is 4.87 Å². The zero-order valence-electron chi connectivity index (χ0n) is 11.6. The molecule has 0 unspecified atom stereocenters. The molecule has 0 fully saturated rings. The van der Waals surface area contributed by atoms with Crippen LogP contribution < -0.4 is 10.2 Å². The lowest BCUT2D eigenvalue weighted by atomic mass is 10.3. The molecule has 0 spiro atoms. The summed E-state index contributed by atoms with van der Waals surface area (Å²) in [6, 6.07) is 1.92. The van der Waals surface area contributed by atoms with E-state index in [1.807, 2.05) is 6.07 Å². The number of carbonyl (C=O) groups is 2. The summed E-state index contributed by atoms with van der Waals surface area (Å²) in [6.45, 7) is 1.77. The van der Waals surface area contributed by atoms with Crippen LogP contribution in [0.3, 0.4) is 0 Å². The largest absolute Gasteiger partial charge is 0.350 e. The van der Waals surface area contributed by atoms with Crippen LogP contribution >= 0.6 is 11.3 Å². The van der Waals surface area contributed by atoms with Gasteiger partial charge in [-0.3, -0.25) is 19.0 Å². The van der Waals surface area contributed by atoms with Crippen molar-refractivity contribution in [3.05, 3.63) is 20.2 Å². The first-order valence-corrected chi connectivity index (χ1v) is 6.75. The van der Waals surface area contributed by atoms with E-state index >= 15 is 0 Å². The Balaban J connectivity index is 2.92. The number of amides is 2. The number of thiazole rings is 1. The number of nitrogens with one attached hydrogen (secondary N) is 1. The van der Waals surface area contributed by atoms with Crippen molar-refractivity contribution in [2.45, 2.75) is 19.9 Å². The van der Waals surface area contributed by atoms with Crippen LogP contribution in [0.15, 0.2) is 4.79 Å². The Hall–Kier alpha value is -2.14. The molecule has 1 N–H and O–H groups in total. The zero-order valence-corrected chi connectivity index (χ0v) is 12.4. The fourth-order valence-corrected chi connectivity index (χ4v) is 2.37. The molecule has 20 heavy (non-hydrogen) atoms. The predicted octanol–water partition coefficient (Wildman–Crippen LogP) is -0.0501. The summed E-state index contributed by atoms with van der Waals surface area (Å²) in [5, 5.41) is 11.0. The van der Waals surface area contributed by atoms with Crippen molar-refractivity contribution in [1.29, 1.82) is 5.26 Å². The third-order valence-electron chi connectivity index (χ3n) is 2.66. The van der Waals surface area contributed by atoms with Gasteiger partial charge in [0.25, 0.3) is 5.91 Å². The molecule has 0 radical (unpaired) electrons. The number of hydrogen-bond donors (Lipinski definition) is 1. The maximum atomic E-state index is 11.9. The Morgan fingerprint density at radius 3 is 2.65 bits per heavy atom. The van der Waals surface area contributed by atoms with E-state index in [0.29, 0.717) is 5.69 Å². The van der Waals surface area contributed by atoms with Gasteiger partial charge in [0.15, 0.2) is 0 Å². The molecule has 1 rings (SSSR count). The van der Waals surface area contributed by atoms with Gasteiger partial charge in [0.05, 0.1) is 12.5 Å². The minimum Gasteiger partial charge on any atom is -0.350 e. The van der Waals surface area contributed by atoms with Crippen LogP contribution in [0.4, 0.5) is 0 Å². The van der Waals surface area contributed by atoms with Gasteiger partial charge in [0.2, 0.25) is 5.91 Å². The Labute approximate surface area is 120 Å². The Morgan fingerprint density at radius 2 is 2.10 bits per heavy atom. The molecule has 1 heterocycles. The SMILES string of the molecule is Cc1c(C(=O)NCCC#N)sc(=O)n1CC(=O)N(C)C. The van der Waals surface area contributed by atoms with Gasteiger partial charge in [-0.05, 0) is 6.92 Å².